The largest absolute Gasteiger partial charge is 0.496 e. The number of fused-ring (bicyclic) bond motifs is 1. The molecule has 6 nitrogen and oxygen atoms in total. The Labute approximate surface area is 177 Å². The maximum atomic E-state index is 12.0. The average Bonchev–Trinajstić information content (AvgIpc) is 2.71. The van der Waals surface area contributed by atoms with Crippen LogP contribution < -0.4 is 4.74 Å². The molecular formula is C23H27N3O3S. The van der Waals surface area contributed by atoms with Gasteiger partial charge in [0.15, 0.2) is 15.5 Å². The monoisotopic (exact) mass is 425 g/mol. The maximum absolute atomic E-state index is 12.0. The van der Waals surface area contributed by atoms with Crippen LogP contribution in [0, 0.1) is 6.92 Å². The minimum atomic E-state index is -3.33. The summed E-state index contributed by atoms with van der Waals surface area (Å²) in [7, 11) is 0.364. The van der Waals surface area contributed by atoms with E-state index in [1.807, 2.05) is 19.1 Å². The van der Waals surface area contributed by atoms with Gasteiger partial charge < -0.3 is 9.64 Å². The number of aromatic nitrogens is 2. The zero-order chi connectivity index (χ0) is 21.5. The van der Waals surface area contributed by atoms with Crippen molar-refractivity contribution in [3.05, 3.63) is 47.7 Å². The van der Waals surface area contributed by atoms with Crippen LogP contribution in [0.1, 0.15) is 30.0 Å². The van der Waals surface area contributed by atoms with Crippen LogP contribution >= 0.6 is 0 Å². The van der Waals surface area contributed by atoms with Gasteiger partial charge in [-0.05, 0) is 75.3 Å². The summed E-state index contributed by atoms with van der Waals surface area (Å²) in [6, 6.07) is 11.4. The molecule has 0 aliphatic carbocycles. The Kier molecular flexibility index (Phi) is 5.51. The lowest BCUT2D eigenvalue weighted by Gasteiger charge is -2.29. The SMILES string of the molecule is COc1cc(S(C)(=O)=O)cc(C)c1-c1ccc2ccc(C3CCCN(C)C3)nc2n1. The smallest absolute Gasteiger partial charge is 0.175 e. The van der Waals surface area contributed by atoms with E-state index >= 15 is 0 Å². The first-order chi connectivity index (χ1) is 14.3. The van der Waals surface area contributed by atoms with E-state index in [9.17, 15) is 8.42 Å². The Morgan fingerprint density at radius 2 is 1.90 bits per heavy atom. The third-order valence-electron chi connectivity index (χ3n) is 5.79. The molecule has 3 aromatic rings. The Balaban J connectivity index is 1.80. The van der Waals surface area contributed by atoms with Gasteiger partial charge in [0.25, 0.3) is 0 Å². The van der Waals surface area contributed by atoms with Crippen molar-refractivity contribution in [1.82, 2.24) is 14.9 Å². The van der Waals surface area contributed by atoms with Gasteiger partial charge in [0.05, 0.1) is 17.7 Å². The van der Waals surface area contributed by atoms with Gasteiger partial charge in [-0.1, -0.05) is 0 Å². The number of aryl methyl sites for hydroxylation is 1. The average molecular weight is 426 g/mol. The summed E-state index contributed by atoms with van der Waals surface area (Å²) >= 11 is 0. The number of likely N-dealkylation sites (N-methyl/N-ethyl adjacent to an activating group) is 1. The highest BCUT2D eigenvalue weighted by Gasteiger charge is 2.21. The normalized spacial score (nSPS) is 17.9. The molecule has 1 saturated heterocycles. The fourth-order valence-corrected chi connectivity index (χ4v) is 4.93. The van der Waals surface area contributed by atoms with Crippen molar-refractivity contribution in [3.63, 3.8) is 0 Å². The van der Waals surface area contributed by atoms with Crippen LogP contribution in [0.3, 0.4) is 0 Å². The summed E-state index contributed by atoms with van der Waals surface area (Å²) in [6.45, 7) is 4.02. The molecule has 1 aromatic carbocycles. The summed E-state index contributed by atoms with van der Waals surface area (Å²) in [5.41, 5.74) is 4.09. The van der Waals surface area contributed by atoms with Crippen molar-refractivity contribution < 1.29 is 13.2 Å². The van der Waals surface area contributed by atoms with E-state index in [4.69, 9.17) is 14.7 Å². The molecule has 0 spiro atoms. The molecule has 7 heteroatoms. The standard InChI is InChI=1S/C23H27N3O3S/c1-15-12-18(30(4,27)28)13-21(29-3)22(15)20-10-8-16-7-9-19(24-23(16)25-20)17-6-5-11-26(2)14-17/h7-10,12-13,17H,5-6,11,14H2,1-4H3. The predicted octanol–water partition coefficient (Wildman–Crippen LogP) is 3.83. The number of hydrogen-bond donors (Lipinski definition) is 0. The number of ether oxygens (including phenoxy) is 1. The quantitative estimate of drug-likeness (QED) is 0.633. The molecule has 1 aliphatic heterocycles. The van der Waals surface area contributed by atoms with Crippen LogP contribution in [-0.2, 0) is 9.84 Å². The number of benzene rings is 1. The topological polar surface area (TPSA) is 72.4 Å². The zero-order valence-corrected chi connectivity index (χ0v) is 18.7. The number of sulfone groups is 1. The van der Waals surface area contributed by atoms with E-state index in [1.165, 1.54) is 12.7 Å². The van der Waals surface area contributed by atoms with Gasteiger partial charge in [-0.3, -0.25) is 0 Å². The number of rotatable bonds is 4. The van der Waals surface area contributed by atoms with Crippen molar-refractivity contribution in [3.8, 4) is 17.0 Å². The summed E-state index contributed by atoms with van der Waals surface area (Å²) in [5.74, 6) is 0.913. The Morgan fingerprint density at radius 1 is 1.13 bits per heavy atom. The van der Waals surface area contributed by atoms with Crippen molar-refractivity contribution in [2.45, 2.75) is 30.6 Å². The number of piperidine rings is 1. The van der Waals surface area contributed by atoms with Crippen LogP contribution in [0.2, 0.25) is 0 Å². The van der Waals surface area contributed by atoms with Gasteiger partial charge in [-0.2, -0.15) is 0 Å². The molecule has 0 saturated carbocycles. The van der Waals surface area contributed by atoms with Crippen LogP contribution in [-0.4, -0.2) is 56.8 Å². The first kappa shape index (κ1) is 20.8. The molecule has 158 valence electrons. The van der Waals surface area contributed by atoms with Gasteiger partial charge in [0, 0.05) is 35.4 Å². The molecule has 30 heavy (non-hydrogen) atoms. The van der Waals surface area contributed by atoms with E-state index < -0.39 is 9.84 Å². The number of pyridine rings is 2. The van der Waals surface area contributed by atoms with Crippen molar-refractivity contribution >= 4 is 20.9 Å². The number of hydrogen-bond acceptors (Lipinski definition) is 6. The van der Waals surface area contributed by atoms with Crippen LogP contribution in [0.4, 0.5) is 0 Å². The highest BCUT2D eigenvalue weighted by molar-refractivity contribution is 7.90. The number of methoxy groups -OCH3 is 1. The van der Waals surface area contributed by atoms with Crippen LogP contribution in [0.15, 0.2) is 41.3 Å². The van der Waals surface area contributed by atoms with Crippen LogP contribution in [0.5, 0.6) is 5.75 Å². The summed E-state index contributed by atoms with van der Waals surface area (Å²) in [4.78, 5) is 12.3. The molecule has 3 heterocycles. The maximum Gasteiger partial charge on any atom is 0.175 e. The van der Waals surface area contributed by atoms with Gasteiger partial charge in [0.2, 0.25) is 0 Å². The molecule has 2 aromatic heterocycles. The van der Waals surface area contributed by atoms with Crippen molar-refractivity contribution in [1.29, 1.82) is 0 Å². The van der Waals surface area contributed by atoms with Gasteiger partial charge >= 0.3 is 0 Å². The highest BCUT2D eigenvalue weighted by Crippen LogP contribution is 2.35. The lowest BCUT2D eigenvalue weighted by Crippen LogP contribution is -2.31. The molecule has 4 rings (SSSR count). The van der Waals surface area contributed by atoms with E-state index in [2.05, 4.69) is 24.1 Å². The fourth-order valence-electron chi connectivity index (χ4n) is 4.21. The second kappa shape index (κ2) is 7.96. The molecule has 1 atom stereocenters. The molecular weight excluding hydrogens is 398 g/mol. The Hall–Kier alpha value is -2.51. The van der Waals surface area contributed by atoms with Gasteiger partial charge in [0.1, 0.15) is 5.75 Å². The Morgan fingerprint density at radius 3 is 2.60 bits per heavy atom. The summed E-state index contributed by atoms with van der Waals surface area (Å²) in [5, 5.41) is 0.982. The van der Waals surface area contributed by atoms with Gasteiger partial charge in [-0.15, -0.1) is 0 Å². The second-order valence-corrected chi connectivity index (χ2v) is 10.2. The second-order valence-electron chi connectivity index (χ2n) is 8.17. The van der Waals surface area contributed by atoms with Crippen LogP contribution in [0.25, 0.3) is 22.3 Å². The fraction of sp³-hybridized carbons (Fsp3) is 0.391. The first-order valence-electron chi connectivity index (χ1n) is 10.1. The minimum absolute atomic E-state index is 0.239. The van der Waals surface area contributed by atoms with E-state index in [0.29, 0.717) is 17.3 Å². The van der Waals surface area contributed by atoms with Crippen molar-refractivity contribution in [2.75, 3.05) is 33.5 Å². The summed E-state index contributed by atoms with van der Waals surface area (Å²) in [6.07, 6.45) is 3.52. The lowest BCUT2D eigenvalue weighted by molar-refractivity contribution is 0.248. The Bertz CT molecular complexity index is 1210. The van der Waals surface area contributed by atoms with E-state index in [1.54, 1.807) is 19.2 Å². The third kappa shape index (κ3) is 4.04. The first-order valence-corrected chi connectivity index (χ1v) is 12.0. The minimum Gasteiger partial charge on any atom is -0.496 e. The van der Waals surface area contributed by atoms with Crippen molar-refractivity contribution in [2.24, 2.45) is 0 Å². The molecule has 0 N–H and O–H groups in total. The molecule has 1 aliphatic rings. The van der Waals surface area contributed by atoms with E-state index in [-0.39, 0.29) is 4.90 Å². The number of likely N-dealkylation sites (tertiary alicyclic amines) is 1. The molecule has 0 radical (unpaired) electrons. The molecule has 1 fully saturated rings. The molecule has 1 unspecified atom stereocenters. The van der Waals surface area contributed by atoms with E-state index in [0.717, 1.165) is 47.4 Å². The summed E-state index contributed by atoms with van der Waals surface area (Å²) < 4.78 is 29.5. The highest BCUT2D eigenvalue weighted by atomic mass is 32.2. The predicted molar refractivity (Wildman–Crippen MR) is 119 cm³/mol. The zero-order valence-electron chi connectivity index (χ0n) is 17.8. The molecule has 0 bridgehead atoms. The lowest BCUT2D eigenvalue weighted by atomic mass is 9.94. The number of nitrogens with zero attached hydrogens (tertiary/aromatic N) is 3. The third-order valence-corrected chi connectivity index (χ3v) is 6.89. The van der Waals surface area contributed by atoms with Gasteiger partial charge in [-0.25, -0.2) is 18.4 Å². The molecule has 0 amide bonds.